The lowest BCUT2D eigenvalue weighted by atomic mass is 9.78. The fourth-order valence-electron chi connectivity index (χ4n) is 5.51. The molecule has 3 saturated heterocycles. The van der Waals surface area contributed by atoms with Gasteiger partial charge in [-0.2, -0.15) is 0 Å². The van der Waals surface area contributed by atoms with Gasteiger partial charge in [0.1, 0.15) is 6.61 Å². The number of hydrogen-bond donors (Lipinski definition) is 1. The minimum atomic E-state index is -0.169. The zero-order valence-corrected chi connectivity index (χ0v) is 16.7. The molecule has 3 aliphatic rings. The summed E-state index contributed by atoms with van der Waals surface area (Å²) >= 11 is 0. The number of amides is 1. The molecule has 1 amide bonds. The molecule has 0 radical (unpaired) electrons. The van der Waals surface area contributed by atoms with Crippen LogP contribution >= 0.6 is 0 Å². The first-order valence-corrected chi connectivity index (χ1v) is 10.5. The van der Waals surface area contributed by atoms with Crippen LogP contribution in [-0.2, 0) is 11.3 Å². The van der Waals surface area contributed by atoms with E-state index in [0.717, 1.165) is 44.6 Å². The van der Waals surface area contributed by atoms with Gasteiger partial charge in [0.2, 0.25) is 0 Å². The molecule has 0 saturated carbocycles. The number of rotatable bonds is 4. The molecule has 2 atom stereocenters. The van der Waals surface area contributed by atoms with Crippen LogP contribution in [0.4, 0.5) is 4.79 Å². The van der Waals surface area contributed by atoms with Gasteiger partial charge in [0.15, 0.2) is 0 Å². The molecular formula is C22H33N3O2. The second-order valence-corrected chi connectivity index (χ2v) is 8.91. The van der Waals surface area contributed by atoms with Gasteiger partial charge in [-0.05, 0) is 51.0 Å². The minimum Gasteiger partial charge on any atom is -0.445 e. The summed E-state index contributed by atoms with van der Waals surface area (Å²) in [5, 5.41) is 3.59. The van der Waals surface area contributed by atoms with Crippen molar-refractivity contribution in [2.45, 2.75) is 63.8 Å². The summed E-state index contributed by atoms with van der Waals surface area (Å²) in [6.07, 6.45) is 4.61. The molecule has 0 aliphatic carbocycles. The van der Waals surface area contributed by atoms with E-state index in [1.165, 1.54) is 12.8 Å². The molecule has 1 aromatic carbocycles. The van der Waals surface area contributed by atoms with Crippen LogP contribution in [0.1, 0.15) is 45.1 Å². The van der Waals surface area contributed by atoms with Crippen molar-refractivity contribution in [3.05, 3.63) is 35.9 Å². The lowest BCUT2D eigenvalue weighted by Crippen LogP contribution is -2.63. The molecule has 5 nitrogen and oxygen atoms in total. The number of fused-ring (bicyclic) bond motifs is 2. The summed E-state index contributed by atoms with van der Waals surface area (Å²) in [5.41, 5.74) is 1.24. The van der Waals surface area contributed by atoms with Crippen LogP contribution in [0.15, 0.2) is 30.3 Å². The SMILES string of the molecule is CC(C)(C1CCN(C(=O)OCc2ccccc2)CC1)N1C2CCC1CNC2. The molecule has 2 unspecified atom stereocenters. The summed E-state index contributed by atoms with van der Waals surface area (Å²) in [6.45, 7) is 9.09. The number of hydrogen-bond acceptors (Lipinski definition) is 4. The Bertz CT molecular complexity index is 624. The van der Waals surface area contributed by atoms with Crippen LogP contribution in [0, 0.1) is 5.92 Å². The van der Waals surface area contributed by atoms with Gasteiger partial charge in [-0.25, -0.2) is 4.79 Å². The van der Waals surface area contributed by atoms with Crippen molar-refractivity contribution in [1.82, 2.24) is 15.1 Å². The highest BCUT2D eigenvalue weighted by Gasteiger charge is 2.48. The lowest BCUT2D eigenvalue weighted by Gasteiger charge is -2.52. The van der Waals surface area contributed by atoms with Gasteiger partial charge in [0.25, 0.3) is 0 Å². The molecule has 27 heavy (non-hydrogen) atoms. The van der Waals surface area contributed by atoms with E-state index in [-0.39, 0.29) is 11.6 Å². The third-order valence-electron chi connectivity index (χ3n) is 7.00. The molecule has 1 aromatic rings. The maximum absolute atomic E-state index is 12.4. The summed E-state index contributed by atoms with van der Waals surface area (Å²) in [4.78, 5) is 17.1. The summed E-state index contributed by atoms with van der Waals surface area (Å²) < 4.78 is 5.52. The van der Waals surface area contributed by atoms with Crippen molar-refractivity contribution < 1.29 is 9.53 Å². The zero-order chi connectivity index (χ0) is 18.9. The zero-order valence-electron chi connectivity index (χ0n) is 16.7. The van der Waals surface area contributed by atoms with Crippen LogP contribution in [0.2, 0.25) is 0 Å². The Morgan fingerprint density at radius 2 is 1.70 bits per heavy atom. The molecule has 5 heteroatoms. The first kappa shape index (κ1) is 18.8. The molecule has 2 bridgehead atoms. The fourth-order valence-corrected chi connectivity index (χ4v) is 5.51. The molecule has 0 aromatic heterocycles. The van der Waals surface area contributed by atoms with Crippen molar-refractivity contribution in [3.63, 3.8) is 0 Å². The number of piperidine rings is 1. The highest BCUT2D eigenvalue weighted by Crippen LogP contribution is 2.41. The Hall–Kier alpha value is -1.59. The number of nitrogens with one attached hydrogen (secondary N) is 1. The Labute approximate surface area is 163 Å². The van der Waals surface area contributed by atoms with Crippen LogP contribution in [0.25, 0.3) is 0 Å². The molecule has 3 heterocycles. The Kier molecular flexibility index (Phi) is 5.42. The number of likely N-dealkylation sites (tertiary alicyclic amines) is 1. The van der Waals surface area contributed by atoms with E-state index >= 15 is 0 Å². The van der Waals surface area contributed by atoms with Crippen molar-refractivity contribution in [3.8, 4) is 0 Å². The number of benzene rings is 1. The first-order chi connectivity index (χ1) is 13.1. The van der Waals surface area contributed by atoms with Crippen LogP contribution in [0.5, 0.6) is 0 Å². The summed E-state index contributed by atoms with van der Waals surface area (Å²) in [5.74, 6) is 0.636. The van der Waals surface area contributed by atoms with Crippen LogP contribution in [-0.4, -0.2) is 59.7 Å². The number of carbonyl (C=O) groups excluding carboxylic acids is 1. The molecule has 0 spiro atoms. The maximum Gasteiger partial charge on any atom is 0.410 e. The quantitative estimate of drug-likeness (QED) is 0.882. The molecule has 3 aliphatic heterocycles. The Morgan fingerprint density at radius 1 is 1.07 bits per heavy atom. The van der Waals surface area contributed by atoms with Gasteiger partial charge in [-0.1, -0.05) is 30.3 Å². The fraction of sp³-hybridized carbons (Fsp3) is 0.682. The second kappa shape index (κ2) is 7.80. The van der Waals surface area contributed by atoms with Crippen LogP contribution in [0.3, 0.4) is 0 Å². The van der Waals surface area contributed by atoms with Gasteiger partial charge < -0.3 is 15.0 Å². The number of ether oxygens (including phenoxy) is 1. The maximum atomic E-state index is 12.4. The Balaban J connectivity index is 1.30. The largest absolute Gasteiger partial charge is 0.445 e. The predicted octanol–water partition coefficient (Wildman–Crippen LogP) is 3.25. The minimum absolute atomic E-state index is 0.169. The highest BCUT2D eigenvalue weighted by atomic mass is 16.6. The van der Waals surface area contributed by atoms with E-state index in [9.17, 15) is 4.79 Å². The standard InChI is InChI=1S/C22H33N3O2/c1-22(2,25-19-8-9-20(25)15-23-14-19)18-10-12-24(13-11-18)21(26)27-16-17-6-4-3-5-7-17/h3-7,18-20,23H,8-16H2,1-2H3. The van der Waals surface area contributed by atoms with Gasteiger partial charge in [-0.15, -0.1) is 0 Å². The van der Waals surface area contributed by atoms with Gasteiger partial charge in [-0.3, -0.25) is 4.90 Å². The predicted molar refractivity (Wildman–Crippen MR) is 107 cm³/mol. The van der Waals surface area contributed by atoms with Crippen molar-refractivity contribution in [2.75, 3.05) is 26.2 Å². The normalized spacial score (nSPS) is 27.0. The summed E-state index contributed by atoms with van der Waals surface area (Å²) in [7, 11) is 0. The van der Waals surface area contributed by atoms with Crippen molar-refractivity contribution in [2.24, 2.45) is 5.92 Å². The van der Waals surface area contributed by atoms with E-state index in [0.29, 0.717) is 24.6 Å². The smallest absolute Gasteiger partial charge is 0.410 e. The van der Waals surface area contributed by atoms with Crippen molar-refractivity contribution in [1.29, 1.82) is 0 Å². The lowest BCUT2D eigenvalue weighted by molar-refractivity contribution is -0.0198. The molecule has 3 fully saturated rings. The van der Waals surface area contributed by atoms with Gasteiger partial charge in [0.05, 0.1) is 0 Å². The summed E-state index contributed by atoms with van der Waals surface area (Å²) in [6, 6.07) is 11.3. The Morgan fingerprint density at radius 3 is 2.33 bits per heavy atom. The van der Waals surface area contributed by atoms with Gasteiger partial charge in [0, 0.05) is 43.8 Å². The third kappa shape index (κ3) is 3.85. The van der Waals surface area contributed by atoms with Crippen molar-refractivity contribution >= 4 is 6.09 Å². The number of carbonyl (C=O) groups is 1. The van der Waals surface area contributed by atoms with E-state index in [2.05, 4.69) is 24.1 Å². The van der Waals surface area contributed by atoms with E-state index in [1.54, 1.807) is 0 Å². The monoisotopic (exact) mass is 371 g/mol. The average Bonchev–Trinajstić information content (AvgIpc) is 2.97. The van der Waals surface area contributed by atoms with E-state index < -0.39 is 0 Å². The van der Waals surface area contributed by atoms with Crippen LogP contribution < -0.4 is 5.32 Å². The second-order valence-electron chi connectivity index (χ2n) is 8.91. The molecular weight excluding hydrogens is 338 g/mol. The topological polar surface area (TPSA) is 44.8 Å². The van der Waals surface area contributed by atoms with E-state index in [1.807, 2.05) is 35.2 Å². The van der Waals surface area contributed by atoms with Gasteiger partial charge >= 0.3 is 6.09 Å². The third-order valence-corrected chi connectivity index (χ3v) is 7.00. The highest BCUT2D eigenvalue weighted by molar-refractivity contribution is 5.67. The first-order valence-electron chi connectivity index (χ1n) is 10.5. The average molecular weight is 372 g/mol. The molecule has 148 valence electrons. The number of nitrogens with zero attached hydrogens (tertiary/aromatic N) is 2. The molecule has 1 N–H and O–H groups in total. The number of piperazine rings is 1. The van der Waals surface area contributed by atoms with E-state index in [4.69, 9.17) is 4.74 Å². The molecule has 4 rings (SSSR count).